The molecule has 0 saturated heterocycles. The Balaban J connectivity index is 2.23. The molecule has 5 nitrogen and oxygen atoms in total. The Morgan fingerprint density at radius 2 is 2.11 bits per heavy atom. The molecule has 8 heteroatoms. The number of thiophene rings is 2. The molecule has 0 radical (unpaired) electrons. The van der Waals surface area contributed by atoms with Gasteiger partial charge in [-0.05, 0) is 34.5 Å². The summed E-state index contributed by atoms with van der Waals surface area (Å²) in [5.41, 5.74) is 0.908. The maximum atomic E-state index is 12.2. The second-order valence-corrected chi connectivity index (χ2v) is 7.95. The number of nitrogens with zero attached hydrogens (tertiary/aromatic N) is 1. The molecule has 2 aromatic heterocycles. The van der Waals surface area contributed by atoms with E-state index < -0.39 is 16.0 Å². The third kappa shape index (κ3) is 3.03. The van der Waals surface area contributed by atoms with Crippen LogP contribution in [0.15, 0.2) is 33.2 Å². The standard InChI is InChI=1S/C11H11NO4S3/c1-12(6-8-4-5-17-7-8)19(15,16)10-3-2-9(18-10)11(13)14/h2-5,7H,6H2,1H3,(H,13,14). The molecule has 0 aliphatic rings. The average molecular weight is 317 g/mol. The molecule has 0 saturated carbocycles. The zero-order chi connectivity index (χ0) is 14.0. The Morgan fingerprint density at radius 3 is 2.63 bits per heavy atom. The Kier molecular flexibility index (Phi) is 4.04. The first-order valence-electron chi connectivity index (χ1n) is 5.22. The number of carbonyl (C=O) groups is 1. The van der Waals surface area contributed by atoms with E-state index in [0.717, 1.165) is 16.9 Å². The van der Waals surface area contributed by atoms with E-state index in [4.69, 9.17) is 5.11 Å². The molecular weight excluding hydrogens is 306 g/mol. The number of hydrogen-bond donors (Lipinski definition) is 1. The van der Waals surface area contributed by atoms with Gasteiger partial charge >= 0.3 is 5.97 Å². The van der Waals surface area contributed by atoms with Crippen LogP contribution in [-0.2, 0) is 16.6 Å². The number of hydrogen-bond acceptors (Lipinski definition) is 5. The van der Waals surface area contributed by atoms with Gasteiger partial charge < -0.3 is 5.11 Å². The number of sulfonamides is 1. The van der Waals surface area contributed by atoms with Gasteiger partial charge in [-0.1, -0.05) is 0 Å². The van der Waals surface area contributed by atoms with Gasteiger partial charge in [-0.25, -0.2) is 13.2 Å². The molecule has 0 aromatic carbocycles. The molecule has 1 N–H and O–H groups in total. The smallest absolute Gasteiger partial charge is 0.345 e. The quantitative estimate of drug-likeness (QED) is 0.918. The Bertz CT molecular complexity index is 673. The van der Waals surface area contributed by atoms with Crippen molar-refractivity contribution in [2.45, 2.75) is 10.8 Å². The minimum Gasteiger partial charge on any atom is -0.477 e. The Hall–Kier alpha value is -1.22. The van der Waals surface area contributed by atoms with Crippen molar-refractivity contribution in [1.82, 2.24) is 4.31 Å². The van der Waals surface area contributed by atoms with Crippen LogP contribution in [-0.4, -0.2) is 30.8 Å². The fraction of sp³-hybridized carbons (Fsp3) is 0.182. The van der Waals surface area contributed by atoms with Crippen molar-refractivity contribution < 1.29 is 18.3 Å². The lowest BCUT2D eigenvalue weighted by atomic mass is 10.3. The minimum atomic E-state index is -3.63. The largest absolute Gasteiger partial charge is 0.477 e. The highest BCUT2D eigenvalue weighted by molar-refractivity contribution is 7.91. The van der Waals surface area contributed by atoms with Gasteiger partial charge in [-0.3, -0.25) is 0 Å². The van der Waals surface area contributed by atoms with Crippen molar-refractivity contribution >= 4 is 38.7 Å². The van der Waals surface area contributed by atoms with Gasteiger partial charge in [-0.2, -0.15) is 15.6 Å². The molecule has 0 aliphatic carbocycles. The summed E-state index contributed by atoms with van der Waals surface area (Å²) in [7, 11) is -2.16. The maximum Gasteiger partial charge on any atom is 0.345 e. The second-order valence-electron chi connectivity index (χ2n) is 3.82. The summed E-state index contributed by atoms with van der Waals surface area (Å²) in [6.07, 6.45) is 0. The molecule has 0 bridgehead atoms. The van der Waals surface area contributed by atoms with Crippen LogP contribution in [0.5, 0.6) is 0 Å². The third-order valence-electron chi connectivity index (χ3n) is 2.44. The molecule has 0 atom stereocenters. The molecule has 2 aromatic rings. The fourth-order valence-corrected chi connectivity index (χ4v) is 4.63. The van der Waals surface area contributed by atoms with Crippen molar-refractivity contribution in [3.05, 3.63) is 39.4 Å². The van der Waals surface area contributed by atoms with Crippen LogP contribution in [0.3, 0.4) is 0 Å². The first-order chi connectivity index (χ1) is 8.91. The van der Waals surface area contributed by atoms with E-state index in [2.05, 4.69) is 0 Å². The van der Waals surface area contributed by atoms with Gasteiger partial charge in [0.25, 0.3) is 10.0 Å². The van der Waals surface area contributed by atoms with Crippen LogP contribution in [0.1, 0.15) is 15.2 Å². The van der Waals surface area contributed by atoms with Gasteiger partial charge in [0.05, 0.1) is 0 Å². The summed E-state index contributed by atoms with van der Waals surface area (Å²) < 4.78 is 25.7. The fourth-order valence-electron chi connectivity index (χ4n) is 1.45. The molecule has 2 rings (SSSR count). The van der Waals surface area contributed by atoms with E-state index in [0.29, 0.717) is 0 Å². The molecular formula is C11H11NO4S3. The van der Waals surface area contributed by atoms with Crippen LogP contribution in [0, 0.1) is 0 Å². The van der Waals surface area contributed by atoms with Gasteiger partial charge in [0, 0.05) is 13.6 Å². The summed E-state index contributed by atoms with van der Waals surface area (Å²) in [6.45, 7) is 0.270. The van der Waals surface area contributed by atoms with E-state index in [1.165, 1.54) is 34.8 Å². The van der Waals surface area contributed by atoms with E-state index in [-0.39, 0.29) is 15.6 Å². The molecule has 0 aliphatic heterocycles. The van der Waals surface area contributed by atoms with Crippen LogP contribution >= 0.6 is 22.7 Å². The zero-order valence-electron chi connectivity index (χ0n) is 9.94. The summed E-state index contributed by atoms with van der Waals surface area (Å²) >= 11 is 2.26. The number of aromatic carboxylic acids is 1. The summed E-state index contributed by atoms with van der Waals surface area (Å²) in [5, 5.41) is 12.6. The van der Waals surface area contributed by atoms with Crippen LogP contribution < -0.4 is 0 Å². The van der Waals surface area contributed by atoms with Gasteiger partial charge in [0.15, 0.2) is 0 Å². The van der Waals surface area contributed by atoms with E-state index in [9.17, 15) is 13.2 Å². The summed E-state index contributed by atoms with van der Waals surface area (Å²) in [5.74, 6) is -1.12. The molecule has 0 fully saturated rings. The highest BCUT2D eigenvalue weighted by Gasteiger charge is 2.24. The monoisotopic (exact) mass is 317 g/mol. The third-order valence-corrected chi connectivity index (χ3v) is 6.52. The molecule has 0 unspecified atom stereocenters. The maximum absolute atomic E-state index is 12.2. The second kappa shape index (κ2) is 5.41. The molecule has 102 valence electrons. The lowest BCUT2D eigenvalue weighted by Crippen LogP contribution is -2.25. The Morgan fingerprint density at radius 1 is 1.37 bits per heavy atom. The van der Waals surface area contributed by atoms with E-state index >= 15 is 0 Å². The van der Waals surface area contributed by atoms with Gasteiger partial charge in [0.1, 0.15) is 9.09 Å². The summed E-state index contributed by atoms with van der Waals surface area (Å²) in [6, 6.07) is 4.49. The molecule has 2 heterocycles. The zero-order valence-corrected chi connectivity index (χ0v) is 12.4. The minimum absolute atomic E-state index is 0.0162. The van der Waals surface area contributed by atoms with Crippen molar-refractivity contribution in [2.75, 3.05) is 7.05 Å². The highest BCUT2D eigenvalue weighted by atomic mass is 32.2. The van der Waals surface area contributed by atoms with Gasteiger partial charge in [-0.15, -0.1) is 11.3 Å². The van der Waals surface area contributed by atoms with Crippen molar-refractivity contribution in [3.63, 3.8) is 0 Å². The number of rotatable bonds is 5. The number of carboxylic acid groups (broad SMARTS) is 1. The van der Waals surface area contributed by atoms with Gasteiger partial charge in [0.2, 0.25) is 0 Å². The predicted octanol–water partition coefficient (Wildman–Crippen LogP) is 2.33. The topological polar surface area (TPSA) is 74.7 Å². The van der Waals surface area contributed by atoms with Crippen LogP contribution in [0.25, 0.3) is 0 Å². The Labute approximate surface area is 118 Å². The predicted molar refractivity (Wildman–Crippen MR) is 74.3 cm³/mol. The van der Waals surface area contributed by atoms with Crippen LogP contribution in [0.2, 0.25) is 0 Å². The van der Waals surface area contributed by atoms with Crippen molar-refractivity contribution in [2.24, 2.45) is 0 Å². The van der Waals surface area contributed by atoms with E-state index in [1.54, 1.807) is 0 Å². The molecule has 19 heavy (non-hydrogen) atoms. The lowest BCUT2D eigenvalue weighted by Gasteiger charge is -2.14. The van der Waals surface area contributed by atoms with E-state index in [1.807, 2.05) is 16.8 Å². The number of carboxylic acids is 1. The SMILES string of the molecule is CN(Cc1ccsc1)S(=O)(=O)c1ccc(C(=O)O)s1. The highest BCUT2D eigenvalue weighted by Crippen LogP contribution is 2.25. The first-order valence-corrected chi connectivity index (χ1v) is 8.42. The average Bonchev–Trinajstić information content (AvgIpc) is 2.99. The molecule has 0 amide bonds. The lowest BCUT2D eigenvalue weighted by molar-refractivity contribution is 0.0702. The molecule has 0 spiro atoms. The first kappa shape index (κ1) is 14.2. The van der Waals surface area contributed by atoms with Crippen molar-refractivity contribution in [3.8, 4) is 0 Å². The summed E-state index contributed by atoms with van der Waals surface area (Å²) in [4.78, 5) is 10.8. The van der Waals surface area contributed by atoms with Crippen LogP contribution in [0.4, 0.5) is 0 Å². The van der Waals surface area contributed by atoms with Crippen molar-refractivity contribution in [1.29, 1.82) is 0 Å². The normalized spacial score (nSPS) is 11.9.